The molecule has 2 heterocycles. The number of nitrogens with zero attached hydrogens (tertiary/aromatic N) is 4. The quantitative estimate of drug-likeness (QED) is 0.265. The summed E-state index contributed by atoms with van der Waals surface area (Å²) in [6.07, 6.45) is 13.1. The zero-order chi connectivity index (χ0) is 28.0. The van der Waals surface area contributed by atoms with Crippen molar-refractivity contribution in [3.8, 4) is 5.75 Å². The molecule has 2 aliphatic rings. The Morgan fingerprint density at radius 2 is 1.90 bits per heavy atom. The maximum absolute atomic E-state index is 13.6. The third-order valence-corrected chi connectivity index (χ3v) is 9.06. The van der Waals surface area contributed by atoms with E-state index in [0.717, 1.165) is 54.4 Å². The molecule has 6 nitrogen and oxygen atoms in total. The first-order chi connectivity index (χ1) is 19.4. The molecule has 0 bridgehead atoms. The number of aromatic nitrogens is 2. The molecular weight excluding hydrogens is 520 g/mol. The highest BCUT2D eigenvalue weighted by atomic mass is 35.5. The molecule has 2 aromatic carbocycles. The van der Waals surface area contributed by atoms with Gasteiger partial charge in [0.25, 0.3) is 0 Å². The van der Waals surface area contributed by atoms with Gasteiger partial charge in [0.15, 0.2) is 0 Å². The molecule has 1 saturated carbocycles. The van der Waals surface area contributed by atoms with Gasteiger partial charge in [-0.1, -0.05) is 61.2 Å². The zero-order valence-corrected chi connectivity index (χ0v) is 24.8. The lowest BCUT2D eigenvalue weighted by atomic mass is 9.77. The molecule has 1 atom stereocenters. The summed E-state index contributed by atoms with van der Waals surface area (Å²) in [5.74, 6) is 0.962. The number of aryl methyl sites for hydroxylation is 1. The Bertz CT molecular complexity index is 1260. The number of hydrogen-bond acceptors (Lipinski definition) is 4. The summed E-state index contributed by atoms with van der Waals surface area (Å²) in [4.78, 5) is 17.9. The molecule has 214 valence electrons. The third-order valence-electron chi connectivity index (χ3n) is 8.64. The summed E-state index contributed by atoms with van der Waals surface area (Å²) >= 11 is 6.26. The fourth-order valence-electron chi connectivity index (χ4n) is 6.37. The SMILES string of the molecule is Cc1cc(OCC2(CC(=O)N(C)Cc3ccccc3)CCCN(Cc3cnn(C4CCCCC4)c3)C2)ccc1Cl. The van der Waals surface area contributed by atoms with Crippen LogP contribution in [0.1, 0.15) is 74.1 Å². The third kappa shape index (κ3) is 7.46. The molecule has 7 heteroatoms. The van der Waals surface area contributed by atoms with Crippen molar-refractivity contribution in [3.63, 3.8) is 0 Å². The molecule has 1 aliphatic carbocycles. The van der Waals surface area contributed by atoms with Crippen LogP contribution in [0.5, 0.6) is 5.75 Å². The summed E-state index contributed by atoms with van der Waals surface area (Å²) in [6.45, 7) is 5.78. The van der Waals surface area contributed by atoms with E-state index in [9.17, 15) is 4.79 Å². The van der Waals surface area contributed by atoms with Crippen molar-refractivity contribution in [3.05, 3.63) is 82.6 Å². The Labute approximate surface area is 244 Å². The van der Waals surface area contributed by atoms with Crippen LogP contribution in [0.3, 0.4) is 0 Å². The second-order valence-corrected chi connectivity index (χ2v) is 12.5. The van der Waals surface area contributed by atoms with Gasteiger partial charge in [-0.3, -0.25) is 14.4 Å². The molecule has 0 radical (unpaired) electrons. The van der Waals surface area contributed by atoms with Gasteiger partial charge < -0.3 is 9.64 Å². The highest BCUT2D eigenvalue weighted by Crippen LogP contribution is 2.36. The van der Waals surface area contributed by atoms with Gasteiger partial charge in [-0.25, -0.2) is 0 Å². The van der Waals surface area contributed by atoms with Crippen LogP contribution >= 0.6 is 11.6 Å². The van der Waals surface area contributed by atoms with Gasteiger partial charge in [0.2, 0.25) is 5.91 Å². The largest absolute Gasteiger partial charge is 0.493 e. The van der Waals surface area contributed by atoms with Crippen molar-refractivity contribution in [2.45, 2.75) is 77.4 Å². The van der Waals surface area contributed by atoms with Crippen LogP contribution < -0.4 is 4.74 Å². The fourth-order valence-corrected chi connectivity index (χ4v) is 6.48. The topological polar surface area (TPSA) is 50.6 Å². The molecular formula is C33H43ClN4O2. The molecule has 1 aliphatic heterocycles. The lowest BCUT2D eigenvalue weighted by Gasteiger charge is -2.43. The molecule has 1 amide bonds. The number of halogens is 1. The molecule has 40 heavy (non-hydrogen) atoms. The normalized spacial score (nSPS) is 20.4. The van der Waals surface area contributed by atoms with Gasteiger partial charge in [0.05, 0.1) is 18.8 Å². The molecule has 3 aromatic rings. The minimum absolute atomic E-state index is 0.159. The number of likely N-dealkylation sites (tertiary alicyclic amines) is 1. The van der Waals surface area contributed by atoms with Gasteiger partial charge in [-0.05, 0) is 68.5 Å². The summed E-state index contributed by atoms with van der Waals surface area (Å²) < 4.78 is 8.59. The van der Waals surface area contributed by atoms with Gasteiger partial charge >= 0.3 is 0 Å². The van der Waals surface area contributed by atoms with Gasteiger partial charge in [-0.15, -0.1) is 0 Å². The van der Waals surface area contributed by atoms with Crippen LogP contribution in [0.4, 0.5) is 0 Å². The summed E-state index contributed by atoms with van der Waals surface area (Å²) in [5, 5.41) is 5.47. The first-order valence-electron chi connectivity index (χ1n) is 14.8. The van der Waals surface area contributed by atoms with Crippen LogP contribution in [0, 0.1) is 12.3 Å². The van der Waals surface area contributed by atoms with Crippen LogP contribution in [-0.2, 0) is 17.9 Å². The highest BCUT2D eigenvalue weighted by Gasteiger charge is 2.39. The predicted octanol–water partition coefficient (Wildman–Crippen LogP) is 7.06. The van der Waals surface area contributed by atoms with E-state index >= 15 is 0 Å². The van der Waals surface area contributed by atoms with Crippen molar-refractivity contribution < 1.29 is 9.53 Å². The van der Waals surface area contributed by atoms with E-state index in [1.54, 1.807) is 0 Å². The first kappa shape index (κ1) is 28.7. The molecule has 2 fully saturated rings. The van der Waals surface area contributed by atoms with Crippen molar-refractivity contribution in [1.29, 1.82) is 0 Å². The first-order valence-corrected chi connectivity index (χ1v) is 15.2. The maximum Gasteiger partial charge on any atom is 0.223 e. The standard InChI is InChI=1S/C33H43ClN4O2/c1-26-18-30(14-15-31(26)34)40-25-33(19-32(39)36(2)21-27-10-5-3-6-11-27)16-9-17-37(24-33)22-28-20-35-38(23-28)29-12-7-4-8-13-29/h3,5-6,10-11,14-15,18,20,23,29H,4,7-9,12-13,16-17,19,21-22,24-25H2,1-2H3. The van der Waals surface area contributed by atoms with Crippen molar-refractivity contribution in [2.75, 3.05) is 26.7 Å². The Morgan fingerprint density at radius 3 is 2.67 bits per heavy atom. The van der Waals surface area contributed by atoms with Crippen LogP contribution in [0.15, 0.2) is 60.9 Å². The number of carbonyl (C=O) groups is 1. The smallest absolute Gasteiger partial charge is 0.223 e. The zero-order valence-electron chi connectivity index (χ0n) is 24.0. The Morgan fingerprint density at radius 1 is 1.10 bits per heavy atom. The number of carbonyl (C=O) groups excluding carboxylic acids is 1. The second kappa shape index (κ2) is 13.2. The van der Waals surface area contributed by atoms with E-state index in [1.165, 1.54) is 37.7 Å². The van der Waals surface area contributed by atoms with E-state index in [1.807, 2.05) is 61.5 Å². The Balaban J connectivity index is 1.29. The number of benzene rings is 2. The molecule has 1 unspecified atom stereocenters. The lowest BCUT2D eigenvalue weighted by Crippen LogP contribution is -2.48. The summed E-state index contributed by atoms with van der Waals surface area (Å²) in [7, 11) is 1.91. The average Bonchev–Trinajstić information content (AvgIpc) is 3.43. The Hall–Kier alpha value is -2.83. The number of rotatable bonds is 10. The van der Waals surface area contributed by atoms with E-state index < -0.39 is 0 Å². The Kier molecular flexibility index (Phi) is 9.48. The minimum atomic E-state index is -0.271. The molecule has 0 N–H and O–H groups in total. The van der Waals surface area contributed by atoms with E-state index in [2.05, 4.69) is 27.9 Å². The van der Waals surface area contributed by atoms with Crippen molar-refractivity contribution >= 4 is 17.5 Å². The van der Waals surface area contributed by atoms with Gasteiger partial charge in [0.1, 0.15) is 5.75 Å². The molecule has 1 aromatic heterocycles. The molecule has 1 saturated heterocycles. The fraction of sp³-hybridized carbons (Fsp3) is 0.515. The monoisotopic (exact) mass is 562 g/mol. The minimum Gasteiger partial charge on any atom is -0.493 e. The summed E-state index contributed by atoms with van der Waals surface area (Å²) in [6, 6.07) is 16.5. The second-order valence-electron chi connectivity index (χ2n) is 12.0. The van der Waals surface area contributed by atoms with Crippen molar-refractivity contribution in [2.24, 2.45) is 5.41 Å². The van der Waals surface area contributed by atoms with E-state index in [4.69, 9.17) is 21.4 Å². The number of amides is 1. The van der Waals surface area contributed by atoms with E-state index in [0.29, 0.717) is 25.6 Å². The average molecular weight is 563 g/mol. The van der Waals surface area contributed by atoms with Gasteiger partial charge in [-0.2, -0.15) is 5.10 Å². The highest BCUT2D eigenvalue weighted by molar-refractivity contribution is 6.31. The van der Waals surface area contributed by atoms with Crippen LogP contribution in [-0.4, -0.2) is 52.2 Å². The number of hydrogen-bond donors (Lipinski definition) is 0. The van der Waals surface area contributed by atoms with Crippen LogP contribution in [0.25, 0.3) is 0 Å². The van der Waals surface area contributed by atoms with Crippen LogP contribution in [0.2, 0.25) is 5.02 Å². The predicted molar refractivity (Wildman–Crippen MR) is 161 cm³/mol. The van der Waals surface area contributed by atoms with E-state index in [-0.39, 0.29) is 11.3 Å². The number of ether oxygens (including phenoxy) is 1. The van der Waals surface area contributed by atoms with Gasteiger partial charge in [0, 0.05) is 55.3 Å². The summed E-state index contributed by atoms with van der Waals surface area (Å²) in [5.41, 5.74) is 3.11. The lowest BCUT2D eigenvalue weighted by molar-refractivity contribution is -0.135. The number of piperidine rings is 1. The molecule has 5 rings (SSSR count). The molecule has 0 spiro atoms. The maximum atomic E-state index is 13.6. The van der Waals surface area contributed by atoms with Crippen molar-refractivity contribution in [1.82, 2.24) is 19.6 Å².